The molecule has 3 amide bonds. The minimum absolute atomic E-state index is 0.109. The molecule has 25 heavy (non-hydrogen) atoms. The van der Waals surface area contributed by atoms with Crippen LogP contribution in [-0.2, 0) is 11.3 Å². The van der Waals surface area contributed by atoms with Crippen LogP contribution in [0.3, 0.4) is 0 Å². The van der Waals surface area contributed by atoms with E-state index in [1.165, 1.54) is 17.0 Å². The van der Waals surface area contributed by atoms with E-state index >= 15 is 0 Å². The molecule has 2 fully saturated rings. The molecule has 1 aliphatic carbocycles. The van der Waals surface area contributed by atoms with E-state index in [4.69, 9.17) is 0 Å². The van der Waals surface area contributed by atoms with Crippen LogP contribution in [0.2, 0.25) is 0 Å². The van der Waals surface area contributed by atoms with Crippen molar-refractivity contribution < 1.29 is 14.0 Å². The highest BCUT2D eigenvalue weighted by molar-refractivity contribution is 6.07. The number of benzene rings is 1. The quantitative estimate of drug-likeness (QED) is 0.833. The summed E-state index contributed by atoms with van der Waals surface area (Å²) in [6.45, 7) is 5.40. The van der Waals surface area contributed by atoms with Crippen LogP contribution in [0.15, 0.2) is 24.3 Å². The molecule has 6 heteroatoms. The predicted octanol–water partition coefficient (Wildman–Crippen LogP) is 3.11. The van der Waals surface area contributed by atoms with Gasteiger partial charge in [-0.05, 0) is 43.0 Å². The highest BCUT2D eigenvalue weighted by atomic mass is 19.1. The molecule has 1 saturated carbocycles. The van der Waals surface area contributed by atoms with Gasteiger partial charge in [-0.1, -0.05) is 38.8 Å². The molecule has 1 aliphatic heterocycles. The zero-order valence-electron chi connectivity index (χ0n) is 14.9. The number of carbonyl (C=O) groups is 2. The van der Waals surface area contributed by atoms with E-state index in [9.17, 15) is 14.0 Å². The van der Waals surface area contributed by atoms with Gasteiger partial charge in [-0.3, -0.25) is 9.69 Å². The van der Waals surface area contributed by atoms with Gasteiger partial charge in [0.1, 0.15) is 11.4 Å². The minimum Gasteiger partial charge on any atom is -0.323 e. The van der Waals surface area contributed by atoms with Crippen molar-refractivity contribution >= 4 is 11.9 Å². The fraction of sp³-hybridized carbons (Fsp3) is 0.579. The van der Waals surface area contributed by atoms with E-state index in [1.54, 1.807) is 6.07 Å². The van der Waals surface area contributed by atoms with Crippen LogP contribution in [-0.4, -0.2) is 40.5 Å². The predicted molar refractivity (Wildman–Crippen MR) is 93.1 cm³/mol. The minimum atomic E-state index is -0.729. The molecule has 1 heterocycles. The number of nitrogens with zero attached hydrogens (tertiary/aromatic N) is 2. The van der Waals surface area contributed by atoms with Crippen molar-refractivity contribution in [3.05, 3.63) is 35.6 Å². The van der Waals surface area contributed by atoms with Gasteiger partial charge in [0.2, 0.25) is 0 Å². The molecule has 5 nitrogen and oxygen atoms in total. The average molecular weight is 347 g/mol. The third-order valence-corrected chi connectivity index (χ3v) is 5.59. The summed E-state index contributed by atoms with van der Waals surface area (Å²) >= 11 is 0. The Labute approximate surface area is 148 Å². The summed E-state index contributed by atoms with van der Waals surface area (Å²) in [7, 11) is 0. The van der Waals surface area contributed by atoms with Gasteiger partial charge in [0.25, 0.3) is 5.91 Å². The Hall–Kier alpha value is -1.95. The van der Waals surface area contributed by atoms with Crippen LogP contribution in [0.5, 0.6) is 0 Å². The van der Waals surface area contributed by atoms with Crippen molar-refractivity contribution in [3.63, 3.8) is 0 Å². The van der Waals surface area contributed by atoms with Gasteiger partial charge in [-0.15, -0.1) is 0 Å². The number of imide groups is 1. The maximum atomic E-state index is 13.4. The third kappa shape index (κ3) is 3.40. The van der Waals surface area contributed by atoms with Crippen LogP contribution < -0.4 is 5.32 Å². The lowest BCUT2D eigenvalue weighted by Gasteiger charge is -2.37. The number of halogens is 1. The largest absolute Gasteiger partial charge is 0.326 e. The standard InChI is InChI=1S/C19H26FN3O2/c1-3-22(12-15-8-6-9-16(20)11-15)13-23-17(24)19(21-18(23)25)10-5-4-7-14(19)2/h6,8-9,11,14H,3-5,7,10,12-13H2,1-2H3,(H,21,25)/t14-,19-/m1/s1. The molecule has 0 unspecified atom stereocenters. The van der Waals surface area contributed by atoms with Crippen molar-refractivity contribution in [3.8, 4) is 0 Å². The molecule has 1 saturated heterocycles. The highest BCUT2D eigenvalue weighted by Gasteiger charge is 2.54. The van der Waals surface area contributed by atoms with Gasteiger partial charge in [-0.2, -0.15) is 0 Å². The van der Waals surface area contributed by atoms with E-state index in [0.717, 1.165) is 24.8 Å². The first-order valence-electron chi connectivity index (χ1n) is 9.07. The zero-order valence-corrected chi connectivity index (χ0v) is 14.9. The number of amides is 3. The lowest BCUT2D eigenvalue weighted by atomic mass is 9.73. The van der Waals surface area contributed by atoms with Gasteiger partial charge < -0.3 is 5.32 Å². The molecule has 136 valence electrons. The highest BCUT2D eigenvalue weighted by Crippen LogP contribution is 2.38. The second-order valence-electron chi connectivity index (χ2n) is 7.20. The smallest absolute Gasteiger partial charge is 0.323 e. The zero-order chi connectivity index (χ0) is 18.0. The number of hydrogen-bond acceptors (Lipinski definition) is 3. The van der Waals surface area contributed by atoms with E-state index in [0.29, 0.717) is 19.5 Å². The van der Waals surface area contributed by atoms with Crippen molar-refractivity contribution in [2.75, 3.05) is 13.2 Å². The monoisotopic (exact) mass is 347 g/mol. The SMILES string of the molecule is CCN(Cc1cccc(F)c1)CN1C(=O)N[C@@]2(CCCC[C@H]2C)C1=O. The second kappa shape index (κ2) is 7.12. The third-order valence-electron chi connectivity index (χ3n) is 5.59. The maximum Gasteiger partial charge on any atom is 0.326 e. The Morgan fingerprint density at radius 1 is 1.36 bits per heavy atom. The summed E-state index contributed by atoms with van der Waals surface area (Å²) in [6, 6.07) is 6.11. The summed E-state index contributed by atoms with van der Waals surface area (Å²) in [5.41, 5.74) is 0.0998. The lowest BCUT2D eigenvalue weighted by Crippen LogP contribution is -2.54. The number of hydrogen-bond donors (Lipinski definition) is 1. The van der Waals surface area contributed by atoms with Gasteiger partial charge in [-0.25, -0.2) is 14.1 Å². The summed E-state index contributed by atoms with van der Waals surface area (Å²) in [6.07, 6.45) is 3.74. The topological polar surface area (TPSA) is 52.6 Å². The van der Waals surface area contributed by atoms with Crippen molar-refractivity contribution in [1.82, 2.24) is 15.1 Å². The first-order valence-corrected chi connectivity index (χ1v) is 9.07. The molecule has 1 spiro atoms. The number of carbonyl (C=O) groups excluding carboxylic acids is 2. The molecular formula is C19H26FN3O2. The Bertz CT molecular complexity index is 666. The second-order valence-corrected chi connectivity index (χ2v) is 7.20. The van der Waals surface area contributed by atoms with Crippen LogP contribution >= 0.6 is 0 Å². The molecule has 2 atom stereocenters. The van der Waals surface area contributed by atoms with Gasteiger partial charge in [0.15, 0.2) is 0 Å². The summed E-state index contributed by atoms with van der Waals surface area (Å²) in [5, 5.41) is 2.97. The fourth-order valence-electron chi connectivity index (χ4n) is 3.98. The molecule has 0 bridgehead atoms. The molecule has 2 aliphatic rings. The summed E-state index contributed by atoms with van der Waals surface area (Å²) < 4.78 is 13.4. The van der Waals surface area contributed by atoms with Crippen molar-refractivity contribution in [2.24, 2.45) is 5.92 Å². The summed E-state index contributed by atoms with van der Waals surface area (Å²) in [4.78, 5) is 28.8. The number of nitrogens with one attached hydrogen (secondary N) is 1. The Kier molecular flexibility index (Phi) is 5.08. The van der Waals surface area contributed by atoms with Crippen LogP contribution in [0.25, 0.3) is 0 Å². The van der Waals surface area contributed by atoms with Crippen LogP contribution in [0, 0.1) is 11.7 Å². The average Bonchev–Trinajstić information content (AvgIpc) is 2.82. The maximum absolute atomic E-state index is 13.4. The fourth-order valence-corrected chi connectivity index (χ4v) is 3.98. The Morgan fingerprint density at radius 3 is 2.84 bits per heavy atom. The number of urea groups is 1. The van der Waals surface area contributed by atoms with Gasteiger partial charge in [0, 0.05) is 6.54 Å². The van der Waals surface area contributed by atoms with E-state index in [2.05, 4.69) is 5.32 Å². The van der Waals surface area contributed by atoms with Gasteiger partial charge in [0.05, 0.1) is 6.67 Å². The first kappa shape index (κ1) is 17.9. The molecule has 0 aromatic heterocycles. The lowest BCUT2D eigenvalue weighted by molar-refractivity contribution is -0.135. The van der Waals surface area contributed by atoms with Gasteiger partial charge >= 0.3 is 6.03 Å². The van der Waals surface area contributed by atoms with E-state index in [-0.39, 0.29) is 30.3 Å². The molecular weight excluding hydrogens is 321 g/mol. The van der Waals surface area contributed by atoms with Crippen molar-refractivity contribution in [2.45, 2.75) is 51.6 Å². The van der Waals surface area contributed by atoms with Crippen LogP contribution in [0.4, 0.5) is 9.18 Å². The van der Waals surface area contributed by atoms with E-state index in [1.807, 2.05) is 24.8 Å². The molecule has 3 rings (SSSR count). The molecule has 1 N–H and O–H groups in total. The first-order chi connectivity index (χ1) is 12.0. The molecule has 0 radical (unpaired) electrons. The van der Waals surface area contributed by atoms with Crippen LogP contribution in [0.1, 0.15) is 45.1 Å². The summed E-state index contributed by atoms with van der Waals surface area (Å²) in [5.74, 6) is -0.234. The number of rotatable bonds is 5. The Morgan fingerprint density at radius 2 is 2.16 bits per heavy atom. The normalized spacial score (nSPS) is 26.6. The molecule has 1 aromatic carbocycles. The van der Waals surface area contributed by atoms with Crippen molar-refractivity contribution in [1.29, 1.82) is 0 Å². The molecule has 1 aromatic rings. The Balaban J connectivity index is 1.72. The van der Waals surface area contributed by atoms with E-state index < -0.39 is 5.54 Å².